The van der Waals surface area contributed by atoms with Gasteiger partial charge in [-0.2, -0.15) is 0 Å². The van der Waals surface area contributed by atoms with Gasteiger partial charge in [0.2, 0.25) is 5.91 Å². The molecule has 0 aliphatic rings. The van der Waals surface area contributed by atoms with E-state index >= 15 is 0 Å². The van der Waals surface area contributed by atoms with Crippen molar-refractivity contribution < 1.29 is 32.9 Å². The van der Waals surface area contributed by atoms with E-state index in [1.54, 1.807) is 6.08 Å². The number of likely N-dealkylation sites (N-methyl/N-ethyl adjacent to an activating group) is 1. The number of carbonyl (C=O) groups excluding carboxylic acids is 1. The second-order valence-electron chi connectivity index (χ2n) is 19.9. The number of rotatable bonds is 50. The molecule has 0 saturated carbocycles. The Morgan fingerprint density at radius 3 is 1.28 bits per heavy atom. The maximum absolute atomic E-state index is 12.9. The van der Waals surface area contributed by atoms with Gasteiger partial charge in [-0.25, -0.2) is 4.57 Å². The van der Waals surface area contributed by atoms with Crippen LogP contribution in [0.2, 0.25) is 0 Å². The minimum Gasteiger partial charge on any atom is -0.387 e. The Morgan fingerprint density at radius 1 is 0.500 bits per heavy atom. The van der Waals surface area contributed by atoms with Gasteiger partial charge in [-0.1, -0.05) is 230 Å². The van der Waals surface area contributed by atoms with E-state index in [9.17, 15) is 19.4 Å². The zero-order chi connectivity index (χ0) is 52.7. The maximum Gasteiger partial charge on any atom is 0.472 e. The van der Waals surface area contributed by atoms with E-state index in [0.717, 1.165) is 96.3 Å². The molecule has 72 heavy (non-hydrogen) atoms. The molecule has 0 heterocycles. The molecule has 0 fully saturated rings. The molecule has 0 rings (SSSR count). The van der Waals surface area contributed by atoms with Crippen LogP contribution in [0.3, 0.4) is 0 Å². The van der Waals surface area contributed by atoms with Gasteiger partial charge in [0.05, 0.1) is 39.9 Å². The molecule has 8 nitrogen and oxygen atoms in total. The van der Waals surface area contributed by atoms with Crippen molar-refractivity contribution in [3.05, 3.63) is 134 Å². The number of hydrogen-bond acceptors (Lipinski definition) is 5. The van der Waals surface area contributed by atoms with Crippen LogP contribution in [0.1, 0.15) is 206 Å². The van der Waals surface area contributed by atoms with Gasteiger partial charge in [0.15, 0.2) is 0 Å². The standard InChI is InChI=1S/C63H107N2O6P/c1-6-8-10-12-14-16-17-18-19-20-21-22-23-24-25-26-27-28-29-30-31-32-33-34-35-36-37-38-39-40-41-42-43-44-45-46-47-49-51-53-55-57-63(67)64-61(60-71-72(68,69)70-59-58-65(3,4)5)62(66)56-54-52-50-48-15-13-11-9-7-2/h7-10,14-16,18-19,21-22,24-25,27-28,30-31,33-34,48,54,56,61-62,66H,6,11-13,17,20,23,26,29,32,35-47,49-53,55,57-60H2,1-5H3,(H-,64,67,68,69)/p+1/b9-7+,10-8-,16-14-,19-18-,22-21-,25-24-,28-27-,31-30-,34-33-,48-15+,56-54+. The van der Waals surface area contributed by atoms with Crippen LogP contribution in [0.5, 0.6) is 0 Å². The summed E-state index contributed by atoms with van der Waals surface area (Å²) in [6.45, 7) is 4.41. The number of nitrogens with zero attached hydrogens (tertiary/aromatic N) is 1. The second-order valence-corrected chi connectivity index (χ2v) is 21.4. The molecule has 3 N–H and O–H groups in total. The third kappa shape index (κ3) is 54.4. The van der Waals surface area contributed by atoms with Crippen LogP contribution < -0.4 is 5.32 Å². The third-order valence-corrected chi connectivity index (χ3v) is 12.9. The quantitative estimate of drug-likeness (QED) is 0.0243. The summed E-state index contributed by atoms with van der Waals surface area (Å²) in [5.74, 6) is -0.199. The van der Waals surface area contributed by atoms with Crippen molar-refractivity contribution in [2.24, 2.45) is 0 Å². The zero-order valence-electron chi connectivity index (χ0n) is 46.6. The highest BCUT2D eigenvalue weighted by molar-refractivity contribution is 7.47. The lowest BCUT2D eigenvalue weighted by Crippen LogP contribution is -2.45. The smallest absolute Gasteiger partial charge is 0.387 e. The number of phosphoric acid groups is 1. The minimum atomic E-state index is -4.35. The summed E-state index contributed by atoms with van der Waals surface area (Å²) in [6, 6.07) is -0.874. The average Bonchev–Trinajstić information content (AvgIpc) is 3.34. The number of hydrogen-bond donors (Lipinski definition) is 3. The molecule has 0 radical (unpaired) electrons. The van der Waals surface area contributed by atoms with Gasteiger partial charge in [-0.05, 0) is 103 Å². The molecule has 9 heteroatoms. The fraction of sp³-hybridized carbons (Fsp3) is 0.635. The van der Waals surface area contributed by atoms with Crippen LogP contribution in [-0.2, 0) is 18.4 Å². The highest BCUT2D eigenvalue weighted by atomic mass is 31.2. The lowest BCUT2D eigenvalue weighted by molar-refractivity contribution is -0.870. The van der Waals surface area contributed by atoms with Gasteiger partial charge in [0.25, 0.3) is 0 Å². The Kier molecular flexibility index (Phi) is 50.1. The topological polar surface area (TPSA) is 105 Å². The monoisotopic (exact) mass is 1020 g/mol. The molecule has 0 bridgehead atoms. The Morgan fingerprint density at radius 2 is 0.861 bits per heavy atom. The van der Waals surface area contributed by atoms with E-state index in [4.69, 9.17) is 9.05 Å². The molecule has 3 unspecified atom stereocenters. The highest BCUT2D eigenvalue weighted by Gasteiger charge is 2.27. The van der Waals surface area contributed by atoms with Crippen molar-refractivity contribution >= 4 is 13.7 Å². The van der Waals surface area contributed by atoms with Crippen LogP contribution in [-0.4, -0.2) is 73.4 Å². The number of carbonyl (C=O) groups is 1. The number of unbranched alkanes of at least 4 members (excludes halogenated alkanes) is 18. The number of aliphatic hydroxyl groups is 1. The van der Waals surface area contributed by atoms with Crippen molar-refractivity contribution in [3.8, 4) is 0 Å². The summed E-state index contributed by atoms with van der Waals surface area (Å²) < 4.78 is 23.5. The molecule has 410 valence electrons. The first-order valence-corrected chi connectivity index (χ1v) is 30.0. The lowest BCUT2D eigenvalue weighted by atomic mass is 10.0. The molecule has 0 aliphatic carbocycles. The summed E-state index contributed by atoms with van der Waals surface area (Å²) in [4.78, 5) is 23.1. The Hall–Kier alpha value is -3.36. The summed E-state index contributed by atoms with van der Waals surface area (Å²) in [6.07, 6.45) is 80.3. The molecular formula is C63H108N2O6P+. The molecule has 1 amide bonds. The number of allylic oxidation sites excluding steroid dienone is 21. The van der Waals surface area contributed by atoms with Crippen molar-refractivity contribution in [2.75, 3.05) is 40.9 Å². The van der Waals surface area contributed by atoms with E-state index < -0.39 is 20.0 Å². The molecule has 0 aliphatic heterocycles. The fourth-order valence-electron chi connectivity index (χ4n) is 7.51. The van der Waals surface area contributed by atoms with E-state index in [1.165, 1.54) is 89.9 Å². The Labute approximate surface area is 443 Å². The molecule has 0 spiro atoms. The average molecular weight is 1020 g/mol. The van der Waals surface area contributed by atoms with Gasteiger partial charge in [-0.15, -0.1) is 0 Å². The first-order valence-electron chi connectivity index (χ1n) is 28.5. The lowest BCUT2D eigenvalue weighted by Gasteiger charge is -2.25. The van der Waals surface area contributed by atoms with Crippen molar-refractivity contribution in [2.45, 2.75) is 219 Å². The molecule has 0 saturated heterocycles. The molecule has 0 aromatic rings. The van der Waals surface area contributed by atoms with Gasteiger partial charge in [0.1, 0.15) is 13.2 Å². The van der Waals surface area contributed by atoms with Crippen molar-refractivity contribution in [3.63, 3.8) is 0 Å². The van der Waals surface area contributed by atoms with Crippen LogP contribution in [0, 0.1) is 0 Å². The van der Waals surface area contributed by atoms with Gasteiger partial charge >= 0.3 is 7.82 Å². The molecular weight excluding hydrogens is 912 g/mol. The Bertz CT molecular complexity index is 1630. The first kappa shape index (κ1) is 68.6. The first-order chi connectivity index (χ1) is 35.0. The predicted octanol–water partition coefficient (Wildman–Crippen LogP) is 17.5. The minimum absolute atomic E-state index is 0.0482. The predicted molar refractivity (Wildman–Crippen MR) is 313 cm³/mol. The van der Waals surface area contributed by atoms with E-state index in [2.05, 4.69) is 128 Å². The highest BCUT2D eigenvalue weighted by Crippen LogP contribution is 2.43. The summed E-state index contributed by atoms with van der Waals surface area (Å²) in [5, 5.41) is 13.8. The van der Waals surface area contributed by atoms with E-state index in [1.807, 2.05) is 40.2 Å². The van der Waals surface area contributed by atoms with E-state index in [-0.39, 0.29) is 19.1 Å². The number of quaternary nitrogens is 1. The van der Waals surface area contributed by atoms with Gasteiger partial charge < -0.3 is 19.8 Å². The normalized spacial score (nSPS) is 14.9. The fourth-order valence-corrected chi connectivity index (χ4v) is 8.24. The van der Waals surface area contributed by atoms with Crippen molar-refractivity contribution in [1.82, 2.24) is 5.32 Å². The molecule has 0 aromatic heterocycles. The number of phosphoric ester groups is 1. The second kappa shape index (κ2) is 52.5. The third-order valence-electron chi connectivity index (χ3n) is 11.9. The largest absolute Gasteiger partial charge is 0.472 e. The van der Waals surface area contributed by atoms with Crippen LogP contribution in [0.15, 0.2) is 134 Å². The number of amides is 1. The Balaban J connectivity index is 3.93. The van der Waals surface area contributed by atoms with Crippen LogP contribution in [0.4, 0.5) is 0 Å². The number of nitrogens with one attached hydrogen (secondary N) is 1. The SMILES string of the molecule is C/C=C/CC/C=C/CC/C=C/C(O)C(COP(=O)(O)OCC[N+](C)(C)C)NC(=O)CCCCCCCCCCCCCCCCCC/C=C\C/C=C\C/C=C\C/C=C\C/C=C\C/C=C\C/C=C\C/C=C\CC. The molecule has 0 aromatic carbocycles. The zero-order valence-corrected chi connectivity index (χ0v) is 47.5. The maximum atomic E-state index is 12.9. The molecule has 3 atom stereocenters. The summed E-state index contributed by atoms with van der Waals surface area (Å²) >= 11 is 0. The number of aliphatic hydroxyl groups excluding tert-OH is 1. The van der Waals surface area contributed by atoms with Crippen molar-refractivity contribution in [1.29, 1.82) is 0 Å². The van der Waals surface area contributed by atoms with Crippen LogP contribution >= 0.6 is 7.82 Å². The van der Waals surface area contributed by atoms with Gasteiger partial charge in [-0.3, -0.25) is 13.8 Å². The summed E-state index contributed by atoms with van der Waals surface area (Å²) in [7, 11) is 1.53. The van der Waals surface area contributed by atoms with E-state index in [0.29, 0.717) is 17.4 Å². The summed E-state index contributed by atoms with van der Waals surface area (Å²) in [5.41, 5.74) is 0. The van der Waals surface area contributed by atoms with Gasteiger partial charge in [0, 0.05) is 6.42 Å². The van der Waals surface area contributed by atoms with Crippen LogP contribution in [0.25, 0.3) is 0 Å².